The maximum Gasteiger partial charge on any atom is 0.0687 e. The lowest BCUT2D eigenvalue weighted by molar-refractivity contribution is 0.150. The summed E-state index contributed by atoms with van der Waals surface area (Å²) in [5.74, 6) is 0. The van der Waals surface area contributed by atoms with Gasteiger partial charge in [0.25, 0.3) is 0 Å². The molecule has 2 heterocycles. The summed E-state index contributed by atoms with van der Waals surface area (Å²) < 4.78 is 0. The molecule has 0 amide bonds. The average Bonchev–Trinajstić information content (AvgIpc) is 2.35. The molecule has 4 heteroatoms. The second-order valence-electron chi connectivity index (χ2n) is 4.92. The zero-order valence-corrected chi connectivity index (χ0v) is 10.7. The zero-order valence-electron chi connectivity index (χ0n) is 9.99. The Labute approximate surface area is 107 Å². The van der Waals surface area contributed by atoms with Crippen molar-refractivity contribution in [3.63, 3.8) is 0 Å². The molecule has 1 saturated heterocycles. The van der Waals surface area contributed by atoms with Gasteiger partial charge in [-0.05, 0) is 38.9 Å². The van der Waals surface area contributed by atoms with Crippen LogP contribution < -0.4 is 0 Å². The van der Waals surface area contributed by atoms with E-state index in [1.807, 2.05) is 19.2 Å². The predicted octanol–water partition coefficient (Wildman–Crippen LogP) is 2.86. The predicted molar refractivity (Wildman–Crippen MR) is 67.5 cm³/mol. The lowest BCUT2D eigenvalue weighted by atomic mass is 9.82. The number of aromatic nitrogens is 1. The highest BCUT2D eigenvalue weighted by atomic mass is 35.5. The van der Waals surface area contributed by atoms with Crippen molar-refractivity contribution >= 4 is 11.6 Å². The Morgan fingerprint density at radius 3 is 2.82 bits per heavy atom. The Morgan fingerprint density at radius 2 is 2.24 bits per heavy atom. The van der Waals surface area contributed by atoms with Gasteiger partial charge in [0.15, 0.2) is 0 Å². The third-order valence-electron chi connectivity index (χ3n) is 3.47. The van der Waals surface area contributed by atoms with Crippen LogP contribution in [0.2, 0.25) is 5.02 Å². The van der Waals surface area contributed by atoms with E-state index < -0.39 is 0 Å². The number of likely N-dealkylation sites (tertiary alicyclic amines) is 1. The first-order chi connectivity index (χ1) is 8.13. The van der Waals surface area contributed by atoms with Crippen molar-refractivity contribution in [3.05, 3.63) is 29.0 Å². The van der Waals surface area contributed by atoms with Gasteiger partial charge >= 0.3 is 0 Å². The van der Waals surface area contributed by atoms with Crippen LogP contribution in [-0.2, 0) is 6.54 Å². The Hall–Kier alpha value is -1.11. The van der Waals surface area contributed by atoms with E-state index in [9.17, 15) is 0 Å². The van der Waals surface area contributed by atoms with Crippen LogP contribution >= 0.6 is 11.6 Å². The van der Waals surface area contributed by atoms with E-state index in [4.69, 9.17) is 16.9 Å². The van der Waals surface area contributed by atoms with E-state index in [0.29, 0.717) is 0 Å². The number of nitriles is 1. The van der Waals surface area contributed by atoms with Gasteiger partial charge in [-0.3, -0.25) is 9.88 Å². The Bertz CT molecular complexity index is 431. The van der Waals surface area contributed by atoms with Crippen LogP contribution in [0.4, 0.5) is 0 Å². The normalized spacial score (nSPS) is 19.8. The summed E-state index contributed by atoms with van der Waals surface area (Å²) in [5.41, 5.74) is 0.921. The lowest BCUT2D eigenvalue weighted by Gasteiger charge is -2.34. The SMILES string of the molecule is CC1(C#N)CCN(Cc2cnccc2Cl)CC1. The Morgan fingerprint density at radius 1 is 1.53 bits per heavy atom. The molecule has 0 unspecified atom stereocenters. The van der Waals surface area contributed by atoms with Gasteiger partial charge < -0.3 is 0 Å². The molecule has 0 aromatic carbocycles. The zero-order chi connectivity index (χ0) is 12.3. The topological polar surface area (TPSA) is 39.9 Å². The fraction of sp³-hybridized carbons (Fsp3) is 0.538. The molecule has 0 N–H and O–H groups in total. The molecule has 1 aromatic rings. The molecule has 3 nitrogen and oxygen atoms in total. The number of halogens is 1. The molecule has 1 aliphatic heterocycles. The first-order valence-corrected chi connectivity index (χ1v) is 6.23. The quantitative estimate of drug-likeness (QED) is 0.809. The van der Waals surface area contributed by atoms with E-state index in [1.54, 1.807) is 6.20 Å². The molecule has 1 aromatic heterocycles. The maximum absolute atomic E-state index is 9.07. The summed E-state index contributed by atoms with van der Waals surface area (Å²) in [6.45, 7) is 4.78. The minimum Gasteiger partial charge on any atom is -0.299 e. The molecule has 0 saturated carbocycles. The van der Waals surface area contributed by atoms with Crippen LogP contribution in [0.15, 0.2) is 18.5 Å². The third-order valence-corrected chi connectivity index (χ3v) is 3.84. The number of hydrogen-bond acceptors (Lipinski definition) is 3. The van der Waals surface area contributed by atoms with Crippen LogP contribution in [0.5, 0.6) is 0 Å². The molecule has 0 atom stereocenters. The van der Waals surface area contributed by atoms with Gasteiger partial charge in [-0.2, -0.15) is 5.26 Å². The molecule has 2 rings (SSSR count). The van der Waals surface area contributed by atoms with Crippen LogP contribution in [0.3, 0.4) is 0 Å². The standard InChI is InChI=1S/C13H16ClN3/c1-13(10-15)3-6-17(7-4-13)9-11-8-16-5-2-12(11)14/h2,5,8H,3-4,6-7,9H2,1H3. The molecular weight excluding hydrogens is 234 g/mol. The molecule has 90 valence electrons. The molecule has 0 aliphatic carbocycles. The molecule has 17 heavy (non-hydrogen) atoms. The van der Waals surface area contributed by atoms with Crippen molar-refractivity contribution in [1.29, 1.82) is 5.26 Å². The third kappa shape index (κ3) is 2.96. The van der Waals surface area contributed by atoms with E-state index >= 15 is 0 Å². The van der Waals surface area contributed by atoms with Crippen molar-refractivity contribution < 1.29 is 0 Å². The number of piperidine rings is 1. The first kappa shape index (κ1) is 12.3. The van der Waals surface area contributed by atoms with E-state index in [0.717, 1.165) is 43.1 Å². The van der Waals surface area contributed by atoms with Crippen LogP contribution in [0, 0.1) is 16.7 Å². The van der Waals surface area contributed by atoms with Gasteiger partial charge in [0, 0.05) is 29.5 Å². The van der Waals surface area contributed by atoms with Gasteiger partial charge in [0.2, 0.25) is 0 Å². The minimum atomic E-state index is -0.144. The van der Waals surface area contributed by atoms with Crippen LogP contribution in [-0.4, -0.2) is 23.0 Å². The number of rotatable bonds is 2. The van der Waals surface area contributed by atoms with Crippen molar-refractivity contribution in [2.75, 3.05) is 13.1 Å². The highest BCUT2D eigenvalue weighted by Gasteiger charge is 2.29. The smallest absolute Gasteiger partial charge is 0.0687 e. The number of nitrogens with zero attached hydrogens (tertiary/aromatic N) is 3. The fourth-order valence-corrected chi connectivity index (χ4v) is 2.25. The molecule has 1 aliphatic rings. The maximum atomic E-state index is 9.07. The average molecular weight is 250 g/mol. The second-order valence-corrected chi connectivity index (χ2v) is 5.32. The van der Waals surface area contributed by atoms with Crippen molar-refractivity contribution in [1.82, 2.24) is 9.88 Å². The summed E-state index contributed by atoms with van der Waals surface area (Å²) in [7, 11) is 0. The lowest BCUT2D eigenvalue weighted by Crippen LogP contribution is -2.37. The van der Waals surface area contributed by atoms with Crippen molar-refractivity contribution in [2.45, 2.75) is 26.3 Å². The van der Waals surface area contributed by atoms with Gasteiger partial charge in [0.05, 0.1) is 11.5 Å². The molecule has 1 fully saturated rings. The monoisotopic (exact) mass is 249 g/mol. The van der Waals surface area contributed by atoms with Gasteiger partial charge in [-0.1, -0.05) is 11.6 Å². The molecule has 0 bridgehead atoms. The largest absolute Gasteiger partial charge is 0.299 e. The van der Waals surface area contributed by atoms with E-state index in [-0.39, 0.29) is 5.41 Å². The fourth-order valence-electron chi connectivity index (χ4n) is 2.08. The second kappa shape index (κ2) is 5.03. The summed E-state index contributed by atoms with van der Waals surface area (Å²) in [6, 6.07) is 4.23. The summed E-state index contributed by atoms with van der Waals surface area (Å²) in [4.78, 5) is 6.43. The van der Waals surface area contributed by atoms with Gasteiger partial charge in [-0.15, -0.1) is 0 Å². The van der Waals surface area contributed by atoms with Crippen molar-refractivity contribution in [3.8, 4) is 6.07 Å². The van der Waals surface area contributed by atoms with Gasteiger partial charge in [-0.25, -0.2) is 0 Å². The first-order valence-electron chi connectivity index (χ1n) is 5.85. The van der Waals surface area contributed by atoms with Gasteiger partial charge in [0.1, 0.15) is 0 Å². The van der Waals surface area contributed by atoms with Crippen molar-refractivity contribution in [2.24, 2.45) is 5.41 Å². The van der Waals surface area contributed by atoms with Crippen LogP contribution in [0.25, 0.3) is 0 Å². The molecular formula is C13H16ClN3. The van der Waals surface area contributed by atoms with E-state index in [1.165, 1.54) is 0 Å². The number of hydrogen-bond donors (Lipinski definition) is 0. The summed E-state index contributed by atoms with van der Waals surface area (Å²) >= 11 is 6.11. The highest BCUT2D eigenvalue weighted by Crippen LogP contribution is 2.30. The summed E-state index contributed by atoms with van der Waals surface area (Å²) in [5, 5.41) is 9.84. The summed E-state index contributed by atoms with van der Waals surface area (Å²) in [6.07, 6.45) is 5.39. The van der Waals surface area contributed by atoms with Crippen LogP contribution in [0.1, 0.15) is 25.3 Å². The van der Waals surface area contributed by atoms with E-state index in [2.05, 4.69) is 16.0 Å². The Balaban J connectivity index is 1.95. The Kier molecular flexibility index (Phi) is 3.66. The minimum absolute atomic E-state index is 0.144. The molecule has 0 spiro atoms. The number of pyridine rings is 1. The highest BCUT2D eigenvalue weighted by molar-refractivity contribution is 6.31. The molecule has 0 radical (unpaired) electrons.